The average molecular weight is 711 g/mol. The number of carbonyl (C=O) groups is 1. The maximum Gasteiger partial charge on any atom is 0.416 e. The van der Waals surface area contributed by atoms with Gasteiger partial charge in [-0.1, -0.05) is 30.3 Å². The number of alkyl halides is 3. The number of hydrogen-bond donors (Lipinski definition) is 3. The van der Waals surface area contributed by atoms with Crippen molar-refractivity contribution >= 4 is 38.5 Å². The third-order valence-electron chi connectivity index (χ3n) is 8.15. The molecular weight excluding hydrogens is 680 g/mol. The summed E-state index contributed by atoms with van der Waals surface area (Å²) in [6, 6.07) is 14.7. The first kappa shape index (κ1) is 34.4. The molecular formula is C34H30F4N6O5S. The van der Waals surface area contributed by atoms with Crippen molar-refractivity contribution in [2.24, 2.45) is 0 Å². The molecule has 0 aliphatic carbocycles. The number of benzene rings is 3. The number of halogens is 4. The lowest BCUT2D eigenvalue weighted by Crippen LogP contribution is -2.44. The van der Waals surface area contributed by atoms with E-state index in [0.29, 0.717) is 35.2 Å². The smallest absolute Gasteiger partial charge is 0.416 e. The van der Waals surface area contributed by atoms with Crippen LogP contribution < -0.4 is 14.8 Å². The number of ether oxygens (including phenoxy) is 1. The van der Waals surface area contributed by atoms with Gasteiger partial charge in [-0.05, 0) is 67.3 Å². The quantitative estimate of drug-likeness (QED) is 0.133. The number of aryl methyl sites for hydroxylation is 1. The van der Waals surface area contributed by atoms with Gasteiger partial charge in [0.05, 0.1) is 28.3 Å². The Bertz CT molecular complexity index is 2180. The van der Waals surface area contributed by atoms with Crippen LogP contribution in [-0.4, -0.2) is 58.6 Å². The van der Waals surface area contributed by atoms with Crippen molar-refractivity contribution in [1.29, 1.82) is 0 Å². The highest BCUT2D eigenvalue weighted by Crippen LogP contribution is 2.40. The Balaban J connectivity index is 1.30. The number of piperidine rings is 1. The molecule has 1 amide bonds. The zero-order chi connectivity index (χ0) is 35.6. The lowest BCUT2D eigenvalue weighted by atomic mass is 10.0. The number of fused-ring (bicyclic) bond motifs is 1. The molecule has 3 heterocycles. The summed E-state index contributed by atoms with van der Waals surface area (Å²) in [5, 5.41) is 13.0. The fourth-order valence-corrected chi connectivity index (χ4v) is 7.06. The van der Waals surface area contributed by atoms with Crippen LogP contribution in [0.15, 0.2) is 79.1 Å². The highest BCUT2D eigenvalue weighted by atomic mass is 32.2. The number of carboxylic acid groups (broad SMARTS) is 1. The van der Waals surface area contributed by atoms with Gasteiger partial charge in [-0.15, -0.1) is 0 Å². The standard InChI is InChI=1S/C34H30F4N6O5S/c1-20-10-11-23-24(12-13-27(35)29(23)43-50(47,48)19-21-6-2-3-9-26(21)34(36,37)38)30(20)49-31-25(8-4-15-39-31)28-14-16-40-32(42-28)41-22-7-5-17-44(18-22)33(45)46/h2-4,6,8-16,22,43H,5,7,17-19H2,1H3,(H,45,46)(H,40,41,42)/t22-/m0/s1. The molecule has 5 aromatic rings. The molecule has 0 bridgehead atoms. The normalized spacial score (nSPS) is 15.1. The Hall–Kier alpha value is -5.51. The number of pyridine rings is 1. The van der Waals surface area contributed by atoms with E-state index in [0.717, 1.165) is 30.7 Å². The topological polar surface area (TPSA) is 147 Å². The molecule has 260 valence electrons. The summed E-state index contributed by atoms with van der Waals surface area (Å²) in [7, 11) is -4.53. The summed E-state index contributed by atoms with van der Waals surface area (Å²) >= 11 is 0. The molecule has 0 saturated carbocycles. The first-order chi connectivity index (χ1) is 23.8. The maximum absolute atomic E-state index is 15.3. The van der Waals surface area contributed by atoms with Gasteiger partial charge >= 0.3 is 12.3 Å². The summed E-state index contributed by atoms with van der Waals surface area (Å²) in [6.45, 7) is 2.47. The second-order valence-electron chi connectivity index (χ2n) is 11.7. The second kappa shape index (κ2) is 13.8. The summed E-state index contributed by atoms with van der Waals surface area (Å²) in [4.78, 5) is 26.1. The number of anilines is 2. The van der Waals surface area contributed by atoms with Gasteiger partial charge in [0.1, 0.15) is 11.6 Å². The van der Waals surface area contributed by atoms with Crippen molar-refractivity contribution in [1.82, 2.24) is 19.9 Å². The van der Waals surface area contributed by atoms with Crippen LogP contribution in [0.3, 0.4) is 0 Å². The minimum absolute atomic E-state index is 0.104. The Morgan fingerprint density at radius 2 is 1.80 bits per heavy atom. The van der Waals surface area contributed by atoms with Crippen molar-refractivity contribution in [3.8, 4) is 22.9 Å². The van der Waals surface area contributed by atoms with E-state index in [1.165, 1.54) is 35.5 Å². The molecule has 0 radical (unpaired) electrons. The van der Waals surface area contributed by atoms with Crippen LogP contribution >= 0.6 is 0 Å². The van der Waals surface area contributed by atoms with E-state index in [9.17, 15) is 31.5 Å². The van der Waals surface area contributed by atoms with Gasteiger partial charge in [0, 0.05) is 42.3 Å². The molecule has 1 fully saturated rings. The molecule has 3 N–H and O–H groups in total. The number of nitrogens with zero attached hydrogens (tertiary/aromatic N) is 4. The molecule has 1 atom stereocenters. The third-order valence-corrected chi connectivity index (χ3v) is 9.36. The van der Waals surface area contributed by atoms with Gasteiger partial charge in [-0.25, -0.2) is 32.6 Å². The Labute approximate surface area is 284 Å². The van der Waals surface area contributed by atoms with Crippen LogP contribution in [-0.2, 0) is 22.0 Å². The van der Waals surface area contributed by atoms with Crippen LogP contribution in [0.4, 0.5) is 34.0 Å². The summed E-state index contributed by atoms with van der Waals surface area (Å²) in [5.41, 5.74) is -0.538. The fraction of sp³-hybridized carbons (Fsp3) is 0.235. The predicted molar refractivity (Wildman–Crippen MR) is 178 cm³/mol. The monoisotopic (exact) mass is 710 g/mol. The van der Waals surface area contributed by atoms with Gasteiger partial charge in [0.2, 0.25) is 21.9 Å². The van der Waals surface area contributed by atoms with Crippen molar-refractivity contribution in [3.05, 3.63) is 102 Å². The Morgan fingerprint density at radius 3 is 2.58 bits per heavy atom. The Morgan fingerprint density at radius 1 is 1.02 bits per heavy atom. The minimum atomic E-state index is -4.78. The third kappa shape index (κ3) is 7.54. The molecule has 16 heteroatoms. The number of hydrogen-bond acceptors (Lipinski definition) is 8. The van der Waals surface area contributed by atoms with Crippen LogP contribution in [0.2, 0.25) is 0 Å². The van der Waals surface area contributed by atoms with E-state index in [-0.39, 0.29) is 35.6 Å². The summed E-state index contributed by atoms with van der Waals surface area (Å²) < 4.78 is 90.7. The number of amides is 1. The van der Waals surface area contributed by atoms with E-state index < -0.39 is 50.7 Å². The van der Waals surface area contributed by atoms with Crippen molar-refractivity contribution in [2.45, 2.75) is 37.7 Å². The van der Waals surface area contributed by atoms with Gasteiger partial charge in [-0.2, -0.15) is 13.2 Å². The average Bonchev–Trinajstić information content (AvgIpc) is 3.07. The maximum atomic E-state index is 15.3. The molecule has 2 aromatic heterocycles. The van der Waals surface area contributed by atoms with Crippen molar-refractivity contribution in [3.63, 3.8) is 0 Å². The van der Waals surface area contributed by atoms with Gasteiger partial charge < -0.3 is 20.1 Å². The molecule has 0 unspecified atom stereocenters. The van der Waals surface area contributed by atoms with Crippen LogP contribution in [0.1, 0.15) is 29.5 Å². The molecule has 1 saturated heterocycles. The van der Waals surface area contributed by atoms with E-state index in [2.05, 4.69) is 25.0 Å². The SMILES string of the molecule is Cc1ccc2c(NS(=O)(=O)Cc3ccccc3C(F)(F)F)c(F)ccc2c1Oc1ncccc1-c1ccnc(N[C@H]2CCCN(C(=O)O)C2)n1. The fourth-order valence-electron chi connectivity index (χ4n) is 5.81. The highest BCUT2D eigenvalue weighted by Gasteiger charge is 2.34. The van der Waals surface area contributed by atoms with E-state index in [1.807, 2.05) is 0 Å². The van der Waals surface area contributed by atoms with Crippen molar-refractivity contribution < 1.29 is 40.6 Å². The molecule has 50 heavy (non-hydrogen) atoms. The first-order valence-electron chi connectivity index (χ1n) is 15.4. The second-order valence-corrected chi connectivity index (χ2v) is 13.4. The molecule has 1 aliphatic heterocycles. The number of rotatable bonds is 9. The van der Waals surface area contributed by atoms with Gasteiger partial charge in [0.15, 0.2) is 0 Å². The number of aromatic nitrogens is 3. The predicted octanol–water partition coefficient (Wildman–Crippen LogP) is 7.45. The zero-order valence-electron chi connectivity index (χ0n) is 26.4. The molecule has 1 aliphatic rings. The van der Waals surface area contributed by atoms with Crippen LogP contribution in [0.25, 0.3) is 22.0 Å². The van der Waals surface area contributed by atoms with Gasteiger partial charge in [-0.3, -0.25) is 4.72 Å². The summed E-state index contributed by atoms with van der Waals surface area (Å²) in [5.74, 6) is -1.35. The number of nitrogens with one attached hydrogen (secondary N) is 2. The number of sulfonamides is 1. The first-order valence-corrected chi connectivity index (χ1v) is 17.0. The molecule has 3 aromatic carbocycles. The number of likely N-dealkylation sites (tertiary alicyclic amines) is 1. The van der Waals surface area contributed by atoms with E-state index >= 15 is 4.39 Å². The van der Waals surface area contributed by atoms with Crippen LogP contribution in [0, 0.1) is 12.7 Å². The lowest BCUT2D eigenvalue weighted by Gasteiger charge is -2.31. The largest absolute Gasteiger partial charge is 0.465 e. The molecule has 0 spiro atoms. The van der Waals surface area contributed by atoms with E-state index in [1.54, 1.807) is 31.2 Å². The minimum Gasteiger partial charge on any atom is -0.465 e. The zero-order valence-corrected chi connectivity index (χ0v) is 27.2. The van der Waals surface area contributed by atoms with Gasteiger partial charge in [0.25, 0.3) is 0 Å². The lowest BCUT2D eigenvalue weighted by molar-refractivity contribution is -0.138. The summed E-state index contributed by atoms with van der Waals surface area (Å²) in [6.07, 6.45) is -1.32. The molecule has 11 nitrogen and oxygen atoms in total. The van der Waals surface area contributed by atoms with Crippen molar-refractivity contribution in [2.75, 3.05) is 23.1 Å². The molecule has 6 rings (SSSR count). The van der Waals surface area contributed by atoms with E-state index in [4.69, 9.17) is 4.74 Å². The Kier molecular flexibility index (Phi) is 9.47. The van der Waals surface area contributed by atoms with Crippen LogP contribution in [0.5, 0.6) is 11.6 Å². The highest BCUT2D eigenvalue weighted by molar-refractivity contribution is 7.91.